The van der Waals surface area contributed by atoms with Crippen LogP contribution in [0.4, 0.5) is 0 Å². The fraction of sp³-hybridized carbons (Fsp3) is 0.136. The fourth-order valence-electron chi connectivity index (χ4n) is 2.93. The Morgan fingerprint density at radius 3 is 2.08 bits per heavy atom. The first-order valence-corrected chi connectivity index (χ1v) is 8.01. The third-order valence-electron chi connectivity index (χ3n) is 4.09. The second-order valence-electron chi connectivity index (χ2n) is 5.95. The quantitative estimate of drug-likeness (QED) is 0.592. The summed E-state index contributed by atoms with van der Waals surface area (Å²) in [7, 11) is 0. The maximum absolute atomic E-state index is 10.8. The standard InChI is InChI=1S/C22H20O2/c1-16-12-21(24-15-19-6-4-3-5-7-19)13-17(2)22(16)20-10-8-18(14-23)9-11-20/h3-14H,15H2,1-2H3. The van der Waals surface area contributed by atoms with Crippen molar-refractivity contribution in [3.63, 3.8) is 0 Å². The van der Waals surface area contributed by atoms with Crippen molar-refractivity contribution in [2.45, 2.75) is 20.5 Å². The Balaban J connectivity index is 1.84. The maximum atomic E-state index is 10.8. The molecule has 0 unspecified atom stereocenters. The molecular formula is C22H20O2. The lowest BCUT2D eigenvalue weighted by Gasteiger charge is -2.14. The molecule has 0 saturated heterocycles. The largest absolute Gasteiger partial charge is 0.489 e. The van der Waals surface area contributed by atoms with E-state index in [1.807, 2.05) is 42.5 Å². The molecular weight excluding hydrogens is 296 g/mol. The summed E-state index contributed by atoms with van der Waals surface area (Å²) in [6.45, 7) is 4.74. The van der Waals surface area contributed by atoms with Crippen molar-refractivity contribution in [2.75, 3.05) is 0 Å². The van der Waals surface area contributed by atoms with E-state index in [0.29, 0.717) is 12.2 Å². The highest BCUT2D eigenvalue weighted by molar-refractivity contribution is 5.78. The average molecular weight is 316 g/mol. The van der Waals surface area contributed by atoms with Crippen molar-refractivity contribution in [3.8, 4) is 16.9 Å². The predicted octanol–water partition coefficient (Wildman–Crippen LogP) is 5.36. The molecule has 3 aromatic carbocycles. The smallest absolute Gasteiger partial charge is 0.150 e. The Hall–Kier alpha value is -2.87. The highest BCUT2D eigenvalue weighted by atomic mass is 16.5. The predicted molar refractivity (Wildman–Crippen MR) is 97.5 cm³/mol. The van der Waals surface area contributed by atoms with Crippen molar-refractivity contribution in [2.24, 2.45) is 0 Å². The number of benzene rings is 3. The SMILES string of the molecule is Cc1cc(OCc2ccccc2)cc(C)c1-c1ccc(C=O)cc1. The first-order valence-electron chi connectivity index (χ1n) is 8.01. The molecule has 0 heterocycles. The lowest BCUT2D eigenvalue weighted by Crippen LogP contribution is -1.97. The van der Waals surface area contributed by atoms with Crippen molar-refractivity contribution in [1.82, 2.24) is 0 Å². The van der Waals surface area contributed by atoms with E-state index >= 15 is 0 Å². The van der Waals surface area contributed by atoms with E-state index in [1.54, 1.807) is 0 Å². The summed E-state index contributed by atoms with van der Waals surface area (Å²) in [5.74, 6) is 0.877. The molecule has 3 aromatic rings. The van der Waals surface area contributed by atoms with Crippen molar-refractivity contribution < 1.29 is 9.53 Å². The average Bonchev–Trinajstić information content (AvgIpc) is 2.61. The zero-order valence-electron chi connectivity index (χ0n) is 14.0. The molecule has 120 valence electrons. The summed E-state index contributed by atoms with van der Waals surface area (Å²) in [4.78, 5) is 10.8. The Kier molecular flexibility index (Phi) is 4.76. The topological polar surface area (TPSA) is 26.3 Å². The van der Waals surface area contributed by atoms with Gasteiger partial charge < -0.3 is 4.74 Å². The van der Waals surface area contributed by atoms with Crippen LogP contribution in [0.2, 0.25) is 0 Å². The van der Waals surface area contributed by atoms with Gasteiger partial charge in [0.15, 0.2) is 0 Å². The van der Waals surface area contributed by atoms with Crippen LogP contribution in [0.3, 0.4) is 0 Å². The molecule has 0 saturated carbocycles. The number of carbonyl (C=O) groups excluding carboxylic acids is 1. The molecule has 3 rings (SSSR count). The highest BCUT2D eigenvalue weighted by Gasteiger charge is 2.09. The summed E-state index contributed by atoms with van der Waals surface area (Å²) < 4.78 is 5.93. The number of carbonyl (C=O) groups is 1. The molecule has 0 aliphatic carbocycles. The van der Waals surface area contributed by atoms with Gasteiger partial charge in [-0.1, -0.05) is 54.6 Å². The van der Waals surface area contributed by atoms with E-state index in [4.69, 9.17) is 4.74 Å². The van der Waals surface area contributed by atoms with Crippen molar-refractivity contribution in [1.29, 1.82) is 0 Å². The second-order valence-corrected chi connectivity index (χ2v) is 5.95. The molecule has 0 radical (unpaired) electrons. The number of ether oxygens (including phenoxy) is 1. The molecule has 0 aliphatic rings. The summed E-state index contributed by atoms with van der Waals surface area (Å²) in [6, 6.07) is 22.0. The number of hydrogen-bond donors (Lipinski definition) is 0. The molecule has 0 aromatic heterocycles. The summed E-state index contributed by atoms with van der Waals surface area (Å²) in [5.41, 5.74) is 6.48. The number of rotatable bonds is 5. The molecule has 0 bridgehead atoms. The van der Waals surface area contributed by atoms with E-state index < -0.39 is 0 Å². The van der Waals surface area contributed by atoms with Crippen LogP contribution < -0.4 is 4.74 Å². The van der Waals surface area contributed by atoms with Crippen LogP contribution in [0.1, 0.15) is 27.0 Å². The van der Waals surface area contributed by atoms with Crippen LogP contribution >= 0.6 is 0 Å². The minimum absolute atomic E-state index is 0.563. The third-order valence-corrected chi connectivity index (χ3v) is 4.09. The van der Waals surface area contributed by atoms with Gasteiger partial charge in [0.1, 0.15) is 18.6 Å². The Bertz CT molecular complexity index is 811. The molecule has 0 fully saturated rings. The second kappa shape index (κ2) is 7.14. The van der Waals surface area contributed by atoms with Gasteiger partial charge in [0, 0.05) is 5.56 Å². The van der Waals surface area contributed by atoms with E-state index in [-0.39, 0.29) is 0 Å². The van der Waals surface area contributed by atoms with Gasteiger partial charge in [-0.3, -0.25) is 4.79 Å². The van der Waals surface area contributed by atoms with E-state index in [0.717, 1.165) is 34.3 Å². The highest BCUT2D eigenvalue weighted by Crippen LogP contribution is 2.31. The van der Waals surface area contributed by atoms with Gasteiger partial charge in [0.25, 0.3) is 0 Å². The zero-order chi connectivity index (χ0) is 16.9. The van der Waals surface area contributed by atoms with Gasteiger partial charge in [0.05, 0.1) is 0 Å². The van der Waals surface area contributed by atoms with Gasteiger partial charge in [-0.05, 0) is 53.8 Å². The summed E-state index contributed by atoms with van der Waals surface area (Å²) in [6.07, 6.45) is 0.865. The minimum atomic E-state index is 0.563. The monoisotopic (exact) mass is 316 g/mol. The van der Waals surface area contributed by atoms with Crippen LogP contribution in [0.25, 0.3) is 11.1 Å². The number of hydrogen-bond acceptors (Lipinski definition) is 2. The number of aryl methyl sites for hydroxylation is 2. The van der Waals surface area contributed by atoms with Gasteiger partial charge in [-0.15, -0.1) is 0 Å². The van der Waals surface area contributed by atoms with Gasteiger partial charge in [-0.2, -0.15) is 0 Å². The van der Waals surface area contributed by atoms with Crippen molar-refractivity contribution >= 4 is 6.29 Å². The Labute approximate surface area is 142 Å². The normalized spacial score (nSPS) is 10.4. The molecule has 0 amide bonds. The van der Waals surface area contributed by atoms with E-state index in [9.17, 15) is 4.79 Å². The first-order chi connectivity index (χ1) is 11.7. The van der Waals surface area contributed by atoms with Crippen LogP contribution in [0.5, 0.6) is 5.75 Å². The fourth-order valence-corrected chi connectivity index (χ4v) is 2.93. The van der Waals surface area contributed by atoms with Crippen LogP contribution in [0, 0.1) is 13.8 Å². The molecule has 0 N–H and O–H groups in total. The molecule has 2 nitrogen and oxygen atoms in total. The van der Waals surface area contributed by atoms with E-state index in [2.05, 4.69) is 38.1 Å². The summed E-state index contributed by atoms with van der Waals surface area (Å²) >= 11 is 0. The van der Waals surface area contributed by atoms with Crippen LogP contribution in [-0.2, 0) is 6.61 Å². The molecule has 0 atom stereocenters. The van der Waals surface area contributed by atoms with Gasteiger partial charge in [0.2, 0.25) is 0 Å². The summed E-state index contributed by atoms with van der Waals surface area (Å²) in [5, 5.41) is 0. The minimum Gasteiger partial charge on any atom is -0.489 e. The molecule has 24 heavy (non-hydrogen) atoms. The Morgan fingerprint density at radius 1 is 0.875 bits per heavy atom. The Morgan fingerprint density at radius 2 is 1.50 bits per heavy atom. The van der Waals surface area contributed by atoms with Crippen molar-refractivity contribution in [3.05, 3.63) is 89.0 Å². The third kappa shape index (κ3) is 3.54. The maximum Gasteiger partial charge on any atom is 0.150 e. The lowest BCUT2D eigenvalue weighted by atomic mass is 9.95. The van der Waals surface area contributed by atoms with Crippen LogP contribution in [-0.4, -0.2) is 6.29 Å². The molecule has 0 aliphatic heterocycles. The van der Waals surface area contributed by atoms with Crippen LogP contribution in [0.15, 0.2) is 66.7 Å². The lowest BCUT2D eigenvalue weighted by molar-refractivity contribution is 0.112. The number of aldehydes is 1. The van der Waals surface area contributed by atoms with Gasteiger partial charge >= 0.3 is 0 Å². The van der Waals surface area contributed by atoms with Gasteiger partial charge in [-0.25, -0.2) is 0 Å². The molecule has 2 heteroatoms. The first kappa shape index (κ1) is 16.0. The van der Waals surface area contributed by atoms with E-state index in [1.165, 1.54) is 5.56 Å². The zero-order valence-corrected chi connectivity index (χ0v) is 14.0. The molecule has 0 spiro atoms.